The van der Waals surface area contributed by atoms with E-state index in [4.69, 9.17) is 0 Å². The molecule has 0 spiro atoms. The average Bonchev–Trinajstić information content (AvgIpc) is 2.18. The van der Waals surface area contributed by atoms with Crippen molar-refractivity contribution in [3.63, 3.8) is 0 Å². The molecule has 0 saturated heterocycles. The number of aromatic nitrogens is 2. The van der Waals surface area contributed by atoms with Crippen LogP contribution in [0.3, 0.4) is 0 Å². The van der Waals surface area contributed by atoms with Crippen LogP contribution in [0.2, 0.25) is 0 Å². The third-order valence-corrected chi connectivity index (χ3v) is 2.78. The van der Waals surface area contributed by atoms with E-state index in [0.29, 0.717) is 16.9 Å². The molecule has 1 aromatic heterocycles. The summed E-state index contributed by atoms with van der Waals surface area (Å²) in [5, 5.41) is 0. The predicted octanol–water partition coefficient (Wildman–Crippen LogP) is 1.35. The van der Waals surface area contributed by atoms with E-state index < -0.39 is 0 Å². The minimum absolute atomic E-state index is 0.269. The normalized spacial score (nSPS) is 12.8. The smallest absolute Gasteiger partial charge is 0.313 e. The van der Waals surface area contributed by atoms with E-state index >= 15 is 0 Å². The Bertz CT molecular complexity index is 422. The number of nitrogens with zero attached hydrogens (tertiary/aromatic N) is 1. The van der Waals surface area contributed by atoms with Crippen molar-refractivity contribution in [3.05, 3.63) is 31.5 Å². The monoisotopic (exact) mass is 260 g/mol. The Morgan fingerprint density at radius 3 is 2.79 bits per heavy atom. The Balaban J connectivity index is 3.14. The van der Waals surface area contributed by atoms with Crippen molar-refractivity contribution in [2.24, 2.45) is 5.92 Å². The Kier molecular flexibility index (Phi) is 3.69. The Labute approximate surface area is 90.1 Å². The molecule has 0 radical (unpaired) electrons. The molecule has 0 saturated carbocycles. The van der Waals surface area contributed by atoms with Gasteiger partial charge in [0.25, 0.3) is 5.56 Å². The van der Waals surface area contributed by atoms with Crippen LogP contribution in [0.15, 0.2) is 20.3 Å². The van der Waals surface area contributed by atoms with Crippen LogP contribution in [0, 0.1) is 5.92 Å². The molecule has 0 aliphatic carbocycles. The Morgan fingerprint density at radius 1 is 1.57 bits per heavy atom. The molecule has 1 rings (SSSR count). The van der Waals surface area contributed by atoms with Crippen LogP contribution < -0.4 is 11.2 Å². The summed E-state index contributed by atoms with van der Waals surface area (Å²) < 4.78 is 1.61. The van der Waals surface area contributed by atoms with Gasteiger partial charge < -0.3 is 4.98 Å². The van der Waals surface area contributed by atoms with Crippen molar-refractivity contribution < 1.29 is 0 Å². The zero-order chi connectivity index (χ0) is 10.7. The largest absolute Gasteiger partial charge is 0.328 e. The van der Waals surface area contributed by atoms with Gasteiger partial charge in [0.2, 0.25) is 0 Å². The Hall–Kier alpha value is -0.840. The van der Waals surface area contributed by atoms with Gasteiger partial charge in [-0.2, -0.15) is 0 Å². The summed E-state index contributed by atoms with van der Waals surface area (Å²) in [5.41, 5.74) is -0.618. The standard InChI is InChI=1S/C9H13BrN2O2/c1-3-6(2)5-12-8(13)7(10)4-11-9(12)14/h4,6H,3,5H2,1-2H3,(H,11,14). The van der Waals surface area contributed by atoms with Gasteiger partial charge in [0.05, 0.1) is 4.47 Å². The lowest BCUT2D eigenvalue weighted by Gasteiger charge is -2.09. The second-order valence-electron chi connectivity index (χ2n) is 3.37. The molecule has 0 amide bonds. The molecule has 5 heteroatoms. The number of halogens is 1. The molecule has 1 heterocycles. The van der Waals surface area contributed by atoms with Crippen molar-refractivity contribution in [3.8, 4) is 0 Å². The highest BCUT2D eigenvalue weighted by atomic mass is 79.9. The molecule has 0 bridgehead atoms. The minimum atomic E-state index is -0.349. The minimum Gasteiger partial charge on any atom is -0.313 e. The number of hydrogen-bond acceptors (Lipinski definition) is 2. The van der Waals surface area contributed by atoms with Crippen molar-refractivity contribution in [1.29, 1.82) is 0 Å². The molecular weight excluding hydrogens is 248 g/mol. The predicted molar refractivity (Wildman–Crippen MR) is 58.5 cm³/mol. The van der Waals surface area contributed by atoms with Gasteiger partial charge in [0.1, 0.15) is 0 Å². The summed E-state index contributed by atoms with van der Waals surface area (Å²) >= 11 is 3.09. The number of aromatic amines is 1. The quantitative estimate of drug-likeness (QED) is 0.892. The fourth-order valence-electron chi connectivity index (χ4n) is 1.09. The van der Waals surface area contributed by atoms with Gasteiger partial charge in [-0.3, -0.25) is 9.36 Å². The van der Waals surface area contributed by atoms with Crippen molar-refractivity contribution in [2.75, 3.05) is 0 Å². The number of nitrogens with one attached hydrogen (secondary N) is 1. The molecule has 78 valence electrons. The maximum atomic E-state index is 11.5. The first-order valence-corrected chi connectivity index (χ1v) is 5.33. The maximum Gasteiger partial charge on any atom is 0.328 e. The van der Waals surface area contributed by atoms with Gasteiger partial charge in [0, 0.05) is 12.7 Å². The highest BCUT2D eigenvalue weighted by Crippen LogP contribution is 2.02. The van der Waals surface area contributed by atoms with Crippen LogP contribution in [-0.4, -0.2) is 9.55 Å². The molecule has 0 aliphatic rings. The first-order valence-electron chi connectivity index (χ1n) is 4.54. The maximum absolute atomic E-state index is 11.5. The highest BCUT2D eigenvalue weighted by molar-refractivity contribution is 9.10. The zero-order valence-electron chi connectivity index (χ0n) is 8.21. The first kappa shape index (κ1) is 11.2. The lowest BCUT2D eigenvalue weighted by molar-refractivity contribution is 0.445. The summed E-state index contributed by atoms with van der Waals surface area (Å²) in [5.74, 6) is 0.322. The summed E-state index contributed by atoms with van der Waals surface area (Å²) in [6.07, 6.45) is 2.32. The first-order chi connectivity index (χ1) is 6.56. The summed E-state index contributed by atoms with van der Waals surface area (Å²) in [7, 11) is 0. The SMILES string of the molecule is CCC(C)Cn1c(=O)[nH]cc(Br)c1=O. The molecule has 0 aromatic carbocycles. The number of H-pyrrole nitrogens is 1. The zero-order valence-corrected chi connectivity index (χ0v) is 9.80. The van der Waals surface area contributed by atoms with E-state index in [1.54, 1.807) is 0 Å². The third kappa shape index (κ3) is 2.35. The van der Waals surface area contributed by atoms with Gasteiger partial charge in [-0.15, -0.1) is 0 Å². The van der Waals surface area contributed by atoms with Crippen molar-refractivity contribution in [2.45, 2.75) is 26.8 Å². The van der Waals surface area contributed by atoms with Gasteiger partial charge in [-0.1, -0.05) is 20.3 Å². The van der Waals surface area contributed by atoms with Crippen LogP contribution in [0.25, 0.3) is 0 Å². The van der Waals surface area contributed by atoms with Crippen molar-refractivity contribution >= 4 is 15.9 Å². The summed E-state index contributed by atoms with van der Waals surface area (Å²) in [6.45, 7) is 4.50. The third-order valence-electron chi connectivity index (χ3n) is 2.21. The topological polar surface area (TPSA) is 54.9 Å². The molecule has 1 aromatic rings. The fraction of sp³-hybridized carbons (Fsp3) is 0.556. The van der Waals surface area contributed by atoms with E-state index in [1.165, 1.54) is 10.8 Å². The second-order valence-corrected chi connectivity index (χ2v) is 4.23. The summed E-state index contributed by atoms with van der Waals surface area (Å²) in [4.78, 5) is 25.4. The fourth-order valence-corrected chi connectivity index (χ4v) is 1.42. The molecule has 14 heavy (non-hydrogen) atoms. The van der Waals surface area contributed by atoms with Crippen LogP contribution in [0.4, 0.5) is 0 Å². The molecule has 1 unspecified atom stereocenters. The average molecular weight is 261 g/mol. The van der Waals surface area contributed by atoms with Crippen LogP contribution >= 0.6 is 15.9 Å². The number of rotatable bonds is 3. The highest BCUT2D eigenvalue weighted by Gasteiger charge is 2.07. The van der Waals surface area contributed by atoms with Crippen LogP contribution in [0.1, 0.15) is 20.3 Å². The van der Waals surface area contributed by atoms with E-state index in [1.807, 2.05) is 13.8 Å². The Morgan fingerprint density at radius 2 is 2.21 bits per heavy atom. The van der Waals surface area contributed by atoms with Gasteiger partial charge in [-0.05, 0) is 21.8 Å². The lowest BCUT2D eigenvalue weighted by Crippen LogP contribution is -2.36. The van der Waals surface area contributed by atoms with E-state index in [0.717, 1.165) is 6.42 Å². The van der Waals surface area contributed by atoms with Gasteiger partial charge in [0.15, 0.2) is 0 Å². The van der Waals surface area contributed by atoms with Crippen molar-refractivity contribution in [1.82, 2.24) is 9.55 Å². The summed E-state index contributed by atoms with van der Waals surface area (Å²) in [6, 6.07) is 0. The van der Waals surface area contributed by atoms with Gasteiger partial charge >= 0.3 is 5.69 Å². The lowest BCUT2D eigenvalue weighted by atomic mass is 10.1. The molecule has 1 N–H and O–H groups in total. The molecule has 0 fully saturated rings. The second kappa shape index (κ2) is 4.59. The molecule has 1 atom stereocenters. The molecule has 4 nitrogen and oxygen atoms in total. The van der Waals surface area contributed by atoms with Gasteiger partial charge in [-0.25, -0.2) is 4.79 Å². The molecule has 0 aliphatic heterocycles. The number of hydrogen-bond donors (Lipinski definition) is 1. The molecular formula is C9H13BrN2O2. The van der Waals surface area contributed by atoms with Crippen LogP contribution in [0.5, 0.6) is 0 Å². The van der Waals surface area contributed by atoms with E-state index in [-0.39, 0.29) is 11.2 Å². The van der Waals surface area contributed by atoms with Crippen LogP contribution in [-0.2, 0) is 6.54 Å². The van der Waals surface area contributed by atoms with E-state index in [9.17, 15) is 9.59 Å². The van der Waals surface area contributed by atoms with E-state index in [2.05, 4.69) is 20.9 Å².